The molecule has 1 spiro atoms. The SMILES string of the molecule is CC1(C)COC2(CCC3=C4[C@@H](CC[C@@]3(O)C2)[C@@H]2CC[C@@](O)(C(F)(F)C(F)(F)F)[C@@]2(C)C[C@@H]4c2ccc(CCC#N)cc2)OC1. The Morgan fingerprint density at radius 3 is 2.23 bits per heavy atom. The average molecular weight is 624 g/mol. The molecular formula is C34H42F5NO4. The van der Waals surface area contributed by atoms with Crippen molar-refractivity contribution in [2.24, 2.45) is 22.7 Å². The monoisotopic (exact) mass is 623 g/mol. The van der Waals surface area contributed by atoms with E-state index in [4.69, 9.17) is 14.7 Å². The summed E-state index contributed by atoms with van der Waals surface area (Å²) >= 11 is 0. The molecule has 5 nitrogen and oxygen atoms in total. The highest BCUT2D eigenvalue weighted by Gasteiger charge is 2.79. The van der Waals surface area contributed by atoms with Gasteiger partial charge in [-0.05, 0) is 73.5 Å². The smallest absolute Gasteiger partial charge is 0.385 e. The first-order valence-electron chi connectivity index (χ1n) is 15.8. The molecule has 3 saturated carbocycles. The largest absolute Gasteiger partial charge is 0.456 e. The van der Waals surface area contributed by atoms with Crippen LogP contribution in [-0.4, -0.2) is 52.5 Å². The molecule has 1 heterocycles. The van der Waals surface area contributed by atoms with E-state index in [1.807, 2.05) is 24.3 Å². The second-order valence-electron chi connectivity index (χ2n) is 15.1. The van der Waals surface area contributed by atoms with Gasteiger partial charge in [-0.25, -0.2) is 0 Å². The van der Waals surface area contributed by atoms with E-state index in [0.29, 0.717) is 51.7 Å². The summed E-state index contributed by atoms with van der Waals surface area (Å²) in [5, 5.41) is 32.7. The molecule has 4 aliphatic carbocycles. The third-order valence-corrected chi connectivity index (χ3v) is 11.8. The summed E-state index contributed by atoms with van der Waals surface area (Å²) < 4.78 is 84.6. The van der Waals surface area contributed by atoms with Gasteiger partial charge in [0.05, 0.1) is 24.9 Å². The van der Waals surface area contributed by atoms with Crippen molar-refractivity contribution in [1.82, 2.24) is 0 Å². The molecule has 1 aliphatic heterocycles. The zero-order chi connectivity index (χ0) is 32.0. The molecule has 1 aromatic carbocycles. The van der Waals surface area contributed by atoms with Gasteiger partial charge >= 0.3 is 12.1 Å². The Morgan fingerprint density at radius 2 is 1.61 bits per heavy atom. The van der Waals surface area contributed by atoms with Crippen LogP contribution in [-0.2, 0) is 15.9 Å². The quantitative estimate of drug-likeness (QED) is 0.271. The van der Waals surface area contributed by atoms with Crippen molar-refractivity contribution in [2.45, 2.75) is 120 Å². The first-order chi connectivity index (χ1) is 20.4. The summed E-state index contributed by atoms with van der Waals surface area (Å²) in [5.74, 6) is -7.73. The van der Waals surface area contributed by atoms with E-state index in [9.17, 15) is 23.4 Å². The van der Waals surface area contributed by atoms with Crippen molar-refractivity contribution in [3.8, 4) is 6.07 Å². The Morgan fingerprint density at radius 1 is 0.955 bits per heavy atom. The van der Waals surface area contributed by atoms with E-state index in [2.05, 4.69) is 19.9 Å². The Kier molecular flexibility index (Phi) is 7.41. The van der Waals surface area contributed by atoms with E-state index in [0.717, 1.165) is 22.3 Å². The maximum absolute atomic E-state index is 15.3. The number of ether oxygens (including phenoxy) is 2. The molecule has 0 aromatic heterocycles. The van der Waals surface area contributed by atoms with E-state index in [1.54, 1.807) is 0 Å². The Balaban J connectivity index is 1.44. The van der Waals surface area contributed by atoms with Crippen LogP contribution in [0.5, 0.6) is 0 Å². The zero-order valence-corrected chi connectivity index (χ0v) is 25.6. The van der Waals surface area contributed by atoms with Crippen molar-refractivity contribution < 1.29 is 41.6 Å². The highest BCUT2D eigenvalue weighted by atomic mass is 19.4. The number of nitrogens with zero attached hydrogens (tertiary/aromatic N) is 1. The number of alkyl halides is 5. The van der Waals surface area contributed by atoms with Crippen LogP contribution in [0.3, 0.4) is 0 Å². The van der Waals surface area contributed by atoms with Crippen LogP contribution in [0.2, 0.25) is 0 Å². The van der Waals surface area contributed by atoms with E-state index >= 15 is 8.78 Å². The standard InChI is InChI=1S/C34H42F5NO4/c1-28(2)19-43-31(44-20-28)14-11-26-27-23(10-13-30(26,41)18-31)25-12-15-32(42,33(35,36)34(37,38)39)29(25,3)17-24(27)22-8-6-21(7-9-22)5-4-16-40/h6-9,23-25,41-42H,4-5,10-15,17-20H2,1-3H3/t23-,24+,25-,29-,30+,32-/m0/s1. The van der Waals surface area contributed by atoms with Crippen LogP contribution in [0.15, 0.2) is 35.4 Å². The first-order valence-corrected chi connectivity index (χ1v) is 15.8. The molecule has 5 aliphatic rings. The van der Waals surface area contributed by atoms with Gasteiger partial charge in [0.15, 0.2) is 5.79 Å². The first kappa shape index (κ1) is 31.9. The number of hydrogen-bond acceptors (Lipinski definition) is 5. The van der Waals surface area contributed by atoms with Gasteiger partial charge in [-0.1, -0.05) is 50.6 Å². The van der Waals surface area contributed by atoms with Gasteiger partial charge in [-0.2, -0.15) is 27.2 Å². The van der Waals surface area contributed by atoms with Crippen molar-refractivity contribution in [1.29, 1.82) is 5.26 Å². The number of aryl methyl sites for hydroxylation is 1. The summed E-state index contributed by atoms with van der Waals surface area (Å²) in [7, 11) is 0. The molecule has 0 unspecified atom stereocenters. The lowest BCUT2D eigenvalue weighted by Gasteiger charge is -2.59. The lowest BCUT2D eigenvalue weighted by Crippen LogP contribution is -2.65. The van der Waals surface area contributed by atoms with Gasteiger partial charge in [-0.15, -0.1) is 0 Å². The summed E-state index contributed by atoms with van der Waals surface area (Å²) in [5.41, 5.74) is -2.97. The van der Waals surface area contributed by atoms with Gasteiger partial charge in [0.2, 0.25) is 0 Å². The van der Waals surface area contributed by atoms with Crippen molar-refractivity contribution >= 4 is 0 Å². The average Bonchev–Trinajstić information content (AvgIpc) is 3.24. The summed E-state index contributed by atoms with van der Waals surface area (Å²) in [6, 6.07) is 9.55. The molecule has 242 valence electrons. The van der Waals surface area contributed by atoms with E-state index < -0.39 is 52.8 Å². The second kappa shape index (κ2) is 10.2. The topological polar surface area (TPSA) is 82.7 Å². The lowest BCUT2D eigenvalue weighted by atomic mass is 9.49. The number of hydrogen-bond donors (Lipinski definition) is 2. The molecule has 44 heavy (non-hydrogen) atoms. The zero-order valence-electron chi connectivity index (χ0n) is 25.6. The molecule has 6 atom stereocenters. The fourth-order valence-electron chi connectivity index (χ4n) is 9.42. The molecule has 1 aromatic rings. The van der Waals surface area contributed by atoms with Gasteiger partial charge in [0.1, 0.15) is 5.60 Å². The van der Waals surface area contributed by atoms with Crippen LogP contribution in [0.25, 0.3) is 0 Å². The summed E-state index contributed by atoms with van der Waals surface area (Å²) in [6.45, 7) is 6.50. The Hall–Kier alpha value is -2.06. The fraction of sp³-hybridized carbons (Fsp3) is 0.735. The minimum absolute atomic E-state index is 0.0452. The molecule has 10 heteroatoms. The van der Waals surface area contributed by atoms with Gasteiger partial charge in [-0.3, -0.25) is 0 Å². The molecule has 0 bridgehead atoms. The minimum atomic E-state index is -5.89. The van der Waals surface area contributed by atoms with Crippen molar-refractivity contribution in [3.63, 3.8) is 0 Å². The number of aliphatic hydroxyl groups is 2. The van der Waals surface area contributed by atoms with Crippen molar-refractivity contribution in [3.05, 3.63) is 46.5 Å². The second-order valence-corrected chi connectivity index (χ2v) is 15.1. The van der Waals surface area contributed by atoms with E-state index in [1.165, 1.54) is 6.92 Å². The number of rotatable bonds is 4. The maximum atomic E-state index is 15.3. The van der Waals surface area contributed by atoms with Gasteiger partial charge < -0.3 is 19.7 Å². The Bertz CT molecular complexity index is 1360. The molecule has 6 rings (SSSR count). The molecule has 1 saturated heterocycles. The van der Waals surface area contributed by atoms with Crippen LogP contribution in [0.4, 0.5) is 22.0 Å². The highest BCUT2D eigenvalue weighted by Crippen LogP contribution is 2.71. The molecule has 0 radical (unpaired) electrons. The molecule has 4 fully saturated rings. The predicted molar refractivity (Wildman–Crippen MR) is 151 cm³/mol. The number of allylic oxidation sites excluding steroid dienone is 1. The summed E-state index contributed by atoms with van der Waals surface area (Å²) in [4.78, 5) is 0. The predicted octanol–water partition coefficient (Wildman–Crippen LogP) is 7.37. The maximum Gasteiger partial charge on any atom is 0.456 e. The van der Waals surface area contributed by atoms with Crippen molar-refractivity contribution in [2.75, 3.05) is 13.2 Å². The number of fused-ring (bicyclic) bond motifs is 4. The van der Waals surface area contributed by atoms with Gasteiger partial charge in [0, 0.05) is 36.0 Å². The minimum Gasteiger partial charge on any atom is -0.385 e. The molecule has 0 amide bonds. The highest BCUT2D eigenvalue weighted by molar-refractivity contribution is 5.45. The normalized spacial score (nSPS) is 38.1. The van der Waals surface area contributed by atoms with E-state index in [-0.39, 0.29) is 30.6 Å². The molecular weight excluding hydrogens is 581 g/mol. The number of halogens is 5. The number of benzene rings is 1. The third kappa shape index (κ3) is 4.66. The third-order valence-electron chi connectivity index (χ3n) is 11.8. The van der Waals surface area contributed by atoms with Crippen LogP contribution >= 0.6 is 0 Å². The van der Waals surface area contributed by atoms with Crippen LogP contribution in [0, 0.1) is 34.0 Å². The summed E-state index contributed by atoms with van der Waals surface area (Å²) in [6.07, 6.45) is -3.81. The number of nitriles is 1. The van der Waals surface area contributed by atoms with Gasteiger partial charge in [0.25, 0.3) is 0 Å². The fourth-order valence-corrected chi connectivity index (χ4v) is 9.42. The lowest BCUT2D eigenvalue weighted by molar-refractivity contribution is -0.362. The van der Waals surface area contributed by atoms with Crippen LogP contribution in [0.1, 0.15) is 95.6 Å². The Labute approximate surface area is 255 Å². The van der Waals surface area contributed by atoms with Crippen LogP contribution < -0.4 is 0 Å². The molecule has 2 N–H and O–H groups in total.